The Kier molecular flexibility index (Phi) is 4.58. The molecule has 0 aliphatic heterocycles. The molecule has 0 radical (unpaired) electrons. The summed E-state index contributed by atoms with van der Waals surface area (Å²) in [6.07, 6.45) is 0. The summed E-state index contributed by atoms with van der Waals surface area (Å²) in [6, 6.07) is 14.0. The van der Waals surface area contributed by atoms with Crippen molar-refractivity contribution in [3.05, 3.63) is 63.6 Å². The molecule has 19 heavy (non-hydrogen) atoms. The van der Waals surface area contributed by atoms with Gasteiger partial charge in [-0.25, -0.2) is 5.43 Å². The third kappa shape index (κ3) is 3.15. The van der Waals surface area contributed by atoms with Crippen molar-refractivity contribution in [1.82, 2.24) is 5.43 Å². The summed E-state index contributed by atoms with van der Waals surface area (Å²) in [6.45, 7) is 2.08. The van der Waals surface area contributed by atoms with Gasteiger partial charge in [-0.3, -0.25) is 5.84 Å². The molecule has 0 aliphatic carbocycles. The van der Waals surface area contributed by atoms with Crippen LogP contribution in [0.5, 0.6) is 5.75 Å². The molecule has 0 amide bonds. The molecule has 4 heteroatoms. The van der Waals surface area contributed by atoms with E-state index in [0.29, 0.717) is 0 Å². The normalized spacial score (nSPS) is 12.2. The highest BCUT2D eigenvalue weighted by Gasteiger charge is 2.15. The Morgan fingerprint density at radius 3 is 2.68 bits per heavy atom. The summed E-state index contributed by atoms with van der Waals surface area (Å²) in [7, 11) is 1.66. The van der Waals surface area contributed by atoms with Gasteiger partial charge in [-0.05, 0) is 47.9 Å². The van der Waals surface area contributed by atoms with Gasteiger partial charge in [-0.1, -0.05) is 34.1 Å². The lowest BCUT2D eigenvalue weighted by Gasteiger charge is -2.20. The third-order valence-electron chi connectivity index (χ3n) is 3.15. The molecule has 0 fully saturated rings. The molecule has 2 rings (SSSR count). The van der Waals surface area contributed by atoms with Crippen molar-refractivity contribution < 1.29 is 4.74 Å². The topological polar surface area (TPSA) is 47.3 Å². The van der Waals surface area contributed by atoms with E-state index >= 15 is 0 Å². The van der Waals surface area contributed by atoms with Gasteiger partial charge >= 0.3 is 0 Å². The molecule has 2 aromatic rings. The highest BCUT2D eigenvalue weighted by Crippen LogP contribution is 2.28. The summed E-state index contributed by atoms with van der Waals surface area (Å²) in [5.74, 6) is 6.57. The van der Waals surface area contributed by atoms with Crippen molar-refractivity contribution in [3.63, 3.8) is 0 Å². The van der Waals surface area contributed by atoms with Crippen LogP contribution in [0.1, 0.15) is 22.7 Å². The van der Waals surface area contributed by atoms with Crippen molar-refractivity contribution in [3.8, 4) is 5.75 Å². The molecule has 0 aromatic heterocycles. The number of rotatable bonds is 4. The third-order valence-corrected chi connectivity index (χ3v) is 3.64. The summed E-state index contributed by atoms with van der Waals surface area (Å²) in [5.41, 5.74) is 6.28. The lowest BCUT2D eigenvalue weighted by molar-refractivity contribution is 0.413. The van der Waals surface area contributed by atoms with Crippen molar-refractivity contribution in [2.75, 3.05) is 7.11 Å². The summed E-state index contributed by atoms with van der Waals surface area (Å²) in [5, 5.41) is 0. The molecule has 0 aliphatic rings. The number of nitrogens with two attached hydrogens (primary N) is 1. The molecular weight excluding hydrogens is 304 g/mol. The second kappa shape index (κ2) is 6.19. The predicted octanol–water partition coefficient (Wildman–Crippen LogP) is 3.32. The zero-order chi connectivity index (χ0) is 13.8. The van der Waals surface area contributed by atoms with Crippen molar-refractivity contribution in [1.29, 1.82) is 0 Å². The highest BCUT2D eigenvalue weighted by molar-refractivity contribution is 9.10. The Morgan fingerprint density at radius 2 is 2.00 bits per heavy atom. The Morgan fingerprint density at radius 1 is 1.21 bits per heavy atom. The van der Waals surface area contributed by atoms with Gasteiger partial charge in [0, 0.05) is 4.47 Å². The van der Waals surface area contributed by atoms with E-state index in [1.54, 1.807) is 7.11 Å². The van der Waals surface area contributed by atoms with E-state index in [9.17, 15) is 0 Å². The average molecular weight is 321 g/mol. The van der Waals surface area contributed by atoms with Gasteiger partial charge in [0.2, 0.25) is 0 Å². The van der Waals surface area contributed by atoms with Crippen LogP contribution in [0, 0.1) is 6.92 Å². The maximum atomic E-state index is 5.74. The monoisotopic (exact) mass is 320 g/mol. The van der Waals surface area contributed by atoms with Crippen molar-refractivity contribution in [2.45, 2.75) is 13.0 Å². The van der Waals surface area contributed by atoms with Crippen LogP contribution in [0.25, 0.3) is 0 Å². The fraction of sp³-hybridized carbons (Fsp3) is 0.200. The first-order chi connectivity index (χ1) is 9.15. The highest BCUT2D eigenvalue weighted by atomic mass is 79.9. The lowest BCUT2D eigenvalue weighted by atomic mass is 9.95. The molecule has 100 valence electrons. The molecule has 0 saturated carbocycles. The van der Waals surface area contributed by atoms with E-state index in [1.807, 2.05) is 30.3 Å². The maximum Gasteiger partial charge on any atom is 0.119 e. The van der Waals surface area contributed by atoms with E-state index in [1.165, 1.54) is 5.56 Å². The smallest absolute Gasteiger partial charge is 0.119 e. The van der Waals surface area contributed by atoms with E-state index in [-0.39, 0.29) is 6.04 Å². The van der Waals surface area contributed by atoms with E-state index in [4.69, 9.17) is 10.6 Å². The zero-order valence-corrected chi connectivity index (χ0v) is 12.6. The minimum Gasteiger partial charge on any atom is -0.497 e. The van der Waals surface area contributed by atoms with Crippen LogP contribution in [-0.4, -0.2) is 7.11 Å². The average Bonchev–Trinajstić information content (AvgIpc) is 2.44. The number of hydrazine groups is 1. The number of benzene rings is 2. The van der Waals surface area contributed by atoms with Gasteiger partial charge in [0.15, 0.2) is 0 Å². The number of methoxy groups -OCH3 is 1. The molecule has 2 aromatic carbocycles. The summed E-state index contributed by atoms with van der Waals surface area (Å²) < 4.78 is 6.30. The van der Waals surface area contributed by atoms with Gasteiger partial charge in [-0.2, -0.15) is 0 Å². The lowest BCUT2D eigenvalue weighted by Crippen LogP contribution is -2.29. The quantitative estimate of drug-likeness (QED) is 0.671. The van der Waals surface area contributed by atoms with Crippen LogP contribution in [-0.2, 0) is 0 Å². The van der Waals surface area contributed by atoms with E-state index < -0.39 is 0 Å². The Labute approximate surface area is 121 Å². The number of halogens is 1. The first-order valence-corrected chi connectivity index (χ1v) is 6.81. The predicted molar refractivity (Wildman–Crippen MR) is 81.0 cm³/mol. The van der Waals surface area contributed by atoms with Crippen LogP contribution >= 0.6 is 15.9 Å². The van der Waals surface area contributed by atoms with Crippen LogP contribution in [0.15, 0.2) is 46.9 Å². The summed E-state index contributed by atoms with van der Waals surface area (Å²) in [4.78, 5) is 0. The van der Waals surface area contributed by atoms with Gasteiger partial charge in [0.1, 0.15) is 5.75 Å². The minimum atomic E-state index is -0.0624. The fourth-order valence-electron chi connectivity index (χ4n) is 2.11. The first-order valence-electron chi connectivity index (χ1n) is 6.02. The van der Waals surface area contributed by atoms with Gasteiger partial charge < -0.3 is 4.74 Å². The number of aryl methyl sites for hydroxylation is 1. The Bertz CT molecular complexity index is 572. The molecule has 3 N–H and O–H groups in total. The number of ether oxygens (including phenoxy) is 1. The Balaban J connectivity index is 2.46. The molecule has 3 nitrogen and oxygen atoms in total. The van der Waals surface area contributed by atoms with Crippen LogP contribution < -0.4 is 16.0 Å². The largest absolute Gasteiger partial charge is 0.497 e. The van der Waals surface area contributed by atoms with Crippen LogP contribution in [0.2, 0.25) is 0 Å². The summed E-state index contributed by atoms with van der Waals surface area (Å²) >= 11 is 3.50. The fourth-order valence-corrected chi connectivity index (χ4v) is 2.49. The molecular formula is C15H17BrN2O. The van der Waals surface area contributed by atoms with E-state index in [2.05, 4.69) is 40.4 Å². The second-order valence-electron chi connectivity index (χ2n) is 4.38. The second-order valence-corrected chi connectivity index (χ2v) is 5.29. The number of hydrogen-bond acceptors (Lipinski definition) is 3. The molecule has 1 unspecified atom stereocenters. The van der Waals surface area contributed by atoms with Gasteiger partial charge in [-0.15, -0.1) is 0 Å². The molecule has 0 bridgehead atoms. The van der Waals surface area contributed by atoms with Crippen molar-refractivity contribution >= 4 is 15.9 Å². The molecule has 0 spiro atoms. The SMILES string of the molecule is COc1cccc(C(NN)c2cc(Br)ccc2C)c1. The van der Waals surface area contributed by atoms with E-state index in [0.717, 1.165) is 21.3 Å². The van der Waals surface area contributed by atoms with Crippen LogP contribution in [0.4, 0.5) is 0 Å². The Hall–Kier alpha value is -1.36. The molecule has 0 saturated heterocycles. The number of nitrogens with one attached hydrogen (secondary N) is 1. The van der Waals surface area contributed by atoms with Crippen LogP contribution in [0.3, 0.4) is 0 Å². The first kappa shape index (κ1) is 14.1. The zero-order valence-electron chi connectivity index (χ0n) is 11.0. The minimum absolute atomic E-state index is 0.0624. The van der Waals surface area contributed by atoms with Gasteiger partial charge in [0.05, 0.1) is 13.2 Å². The molecule has 0 heterocycles. The number of hydrogen-bond donors (Lipinski definition) is 2. The molecule has 1 atom stereocenters. The van der Waals surface area contributed by atoms with Crippen molar-refractivity contribution in [2.24, 2.45) is 5.84 Å². The standard InChI is InChI=1S/C15H17BrN2O/c1-10-6-7-12(16)9-14(10)15(18-17)11-4-3-5-13(8-11)19-2/h3-9,15,18H,17H2,1-2H3. The van der Waals surface area contributed by atoms with Gasteiger partial charge in [0.25, 0.3) is 0 Å². The maximum absolute atomic E-state index is 5.74.